The molecule has 0 unspecified atom stereocenters. The largest absolute Gasteiger partial charge is 0.493 e. The molecule has 2 aromatic heterocycles. The Morgan fingerprint density at radius 2 is 1.65 bits per heavy atom. The fourth-order valence-electron chi connectivity index (χ4n) is 2.99. The van der Waals surface area contributed by atoms with Crippen LogP contribution >= 0.6 is 0 Å². The van der Waals surface area contributed by atoms with Gasteiger partial charge in [-0.25, -0.2) is 0 Å². The minimum Gasteiger partial charge on any atom is -0.493 e. The van der Waals surface area contributed by atoms with Gasteiger partial charge in [-0.15, -0.1) is 10.2 Å². The van der Waals surface area contributed by atoms with Crippen molar-refractivity contribution < 1.29 is 27.8 Å². The highest BCUT2D eigenvalue weighted by atomic mass is 16.5. The Hall–Kier alpha value is -4.27. The molecule has 2 heterocycles. The van der Waals surface area contributed by atoms with E-state index in [4.69, 9.17) is 23.0 Å². The minimum atomic E-state index is -0.349. The summed E-state index contributed by atoms with van der Waals surface area (Å²) in [6.45, 7) is 0. The lowest BCUT2D eigenvalue weighted by Gasteiger charge is -2.14. The molecule has 4 aromatic rings. The van der Waals surface area contributed by atoms with Crippen LogP contribution in [0, 0.1) is 0 Å². The highest BCUT2D eigenvalue weighted by Gasteiger charge is 2.18. The van der Waals surface area contributed by atoms with E-state index in [-0.39, 0.29) is 11.8 Å². The molecule has 31 heavy (non-hydrogen) atoms. The molecule has 0 saturated heterocycles. The Morgan fingerprint density at radius 1 is 0.903 bits per heavy atom. The van der Waals surface area contributed by atoms with Crippen LogP contribution in [-0.2, 0) is 0 Å². The molecule has 4 rings (SSSR count). The molecule has 0 fully saturated rings. The number of nitrogens with zero attached hydrogens (tertiary/aromatic N) is 2. The zero-order chi connectivity index (χ0) is 21.8. The number of hydrogen-bond donors (Lipinski definition) is 1. The average Bonchev–Trinajstić information content (AvgIpc) is 3.50. The Kier molecular flexibility index (Phi) is 5.57. The molecule has 1 amide bonds. The fraction of sp³-hybridized carbons (Fsp3) is 0.136. The lowest BCUT2D eigenvalue weighted by molar-refractivity contribution is 0.102. The third kappa shape index (κ3) is 4.06. The minimum absolute atomic E-state index is 0.270. The van der Waals surface area contributed by atoms with Crippen molar-refractivity contribution in [1.29, 1.82) is 0 Å². The highest BCUT2D eigenvalue weighted by molar-refractivity contribution is 6.05. The van der Waals surface area contributed by atoms with Gasteiger partial charge in [0.25, 0.3) is 11.8 Å². The van der Waals surface area contributed by atoms with Crippen LogP contribution in [0.5, 0.6) is 17.2 Å². The van der Waals surface area contributed by atoms with Gasteiger partial charge in [0.05, 0.1) is 27.6 Å². The first-order valence-electron chi connectivity index (χ1n) is 9.22. The van der Waals surface area contributed by atoms with Gasteiger partial charge in [-0.1, -0.05) is 6.07 Å². The summed E-state index contributed by atoms with van der Waals surface area (Å²) in [5, 5.41) is 10.9. The van der Waals surface area contributed by atoms with Crippen LogP contribution in [-0.4, -0.2) is 37.4 Å². The van der Waals surface area contributed by atoms with Crippen molar-refractivity contribution in [3.63, 3.8) is 0 Å². The van der Waals surface area contributed by atoms with Gasteiger partial charge in [0.2, 0.25) is 11.6 Å². The van der Waals surface area contributed by atoms with Gasteiger partial charge in [0, 0.05) is 16.8 Å². The first-order valence-corrected chi connectivity index (χ1v) is 9.22. The number of ether oxygens (including phenoxy) is 3. The Balaban J connectivity index is 1.57. The smallest absolute Gasteiger partial charge is 0.283 e. The van der Waals surface area contributed by atoms with Gasteiger partial charge in [-0.3, -0.25) is 4.79 Å². The van der Waals surface area contributed by atoms with Crippen molar-refractivity contribution in [2.45, 2.75) is 0 Å². The molecule has 0 spiro atoms. The summed E-state index contributed by atoms with van der Waals surface area (Å²) >= 11 is 0. The van der Waals surface area contributed by atoms with E-state index >= 15 is 0 Å². The second-order valence-electron chi connectivity index (χ2n) is 6.34. The zero-order valence-electron chi connectivity index (χ0n) is 17.0. The van der Waals surface area contributed by atoms with E-state index in [0.717, 1.165) is 0 Å². The standard InChI is InChI=1S/C22H19N3O6/c1-27-17-11-14(12-18(28-2)19(17)29-3)20(26)23-15-7-4-6-13(10-15)21-24-25-22(31-21)16-8-5-9-30-16/h4-12H,1-3H3,(H,23,26). The number of carbonyl (C=O) groups excluding carboxylic acids is 1. The number of methoxy groups -OCH3 is 3. The van der Waals surface area contributed by atoms with Crippen LogP contribution in [0.4, 0.5) is 5.69 Å². The maximum absolute atomic E-state index is 12.8. The van der Waals surface area contributed by atoms with E-state index in [1.165, 1.54) is 27.6 Å². The summed E-state index contributed by atoms with van der Waals surface area (Å²) in [5.41, 5.74) is 1.54. The van der Waals surface area contributed by atoms with Gasteiger partial charge >= 0.3 is 0 Å². The lowest BCUT2D eigenvalue weighted by Crippen LogP contribution is -2.12. The van der Waals surface area contributed by atoms with Crippen molar-refractivity contribution >= 4 is 11.6 Å². The Morgan fingerprint density at radius 3 is 2.29 bits per heavy atom. The molecule has 0 bridgehead atoms. The number of amides is 1. The molecule has 9 nitrogen and oxygen atoms in total. The monoisotopic (exact) mass is 421 g/mol. The molecule has 0 aliphatic heterocycles. The number of nitrogens with one attached hydrogen (secondary N) is 1. The number of furan rings is 1. The van der Waals surface area contributed by atoms with Crippen LogP contribution in [0.15, 0.2) is 63.6 Å². The molecule has 0 atom stereocenters. The van der Waals surface area contributed by atoms with Gasteiger partial charge in [-0.2, -0.15) is 0 Å². The van der Waals surface area contributed by atoms with Crippen molar-refractivity contribution in [3.8, 4) is 40.4 Å². The van der Waals surface area contributed by atoms with Crippen LogP contribution in [0.3, 0.4) is 0 Å². The number of benzene rings is 2. The molecule has 9 heteroatoms. The normalized spacial score (nSPS) is 10.5. The van der Waals surface area contributed by atoms with Gasteiger partial charge in [-0.05, 0) is 42.5 Å². The van der Waals surface area contributed by atoms with E-state index < -0.39 is 0 Å². The summed E-state index contributed by atoms with van der Waals surface area (Å²) in [5.74, 6) is 1.88. The fourth-order valence-corrected chi connectivity index (χ4v) is 2.99. The van der Waals surface area contributed by atoms with E-state index in [2.05, 4.69) is 15.5 Å². The number of aromatic nitrogens is 2. The molecule has 0 saturated carbocycles. The average molecular weight is 421 g/mol. The van der Waals surface area contributed by atoms with Crippen LogP contribution in [0.2, 0.25) is 0 Å². The third-order valence-corrected chi connectivity index (χ3v) is 4.45. The summed E-state index contributed by atoms with van der Waals surface area (Å²) in [6.07, 6.45) is 1.53. The molecule has 1 N–H and O–H groups in total. The predicted molar refractivity (Wildman–Crippen MR) is 111 cm³/mol. The first kappa shape index (κ1) is 20.0. The van der Waals surface area contributed by atoms with E-state index in [1.54, 1.807) is 48.5 Å². The maximum atomic E-state index is 12.8. The number of anilines is 1. The Labute approximate surface area is 177 Å². The summed E-state index contributed by atoms with van der Waals surface area (Å²) in [7, 11) is 4.48. The summed E-state index contributed by atoms with van der Waals surface area (Å²) in [4.78, 5) is 12.8. The van der Waals surface area contributed by atoms with Gasteiger partial charge in [0.1, 0.15) is 0 Å². The molecule has 0 aliphatic rings. The summed E-state index contributed by atoms with van der Waals surface area (Å²) in [6, 6.07) is 13.7. The van der Waals surface area contributed by atoms with Crippen molar-refractivity contribution in [1.82, 2.24) is 10.2 Å². The molecule has 0 radical (unpaired) electrons. The van der Waals surface area contributed by atoms with Gasteiger partial charge < -0.3 is 28.4 Å². The van der Waals surface area contributed by atoms with Crippen molar-refractivity contribution in [2.75, 3.05) is 26.6 Å². The molecule has 0 aliphatic carbocycles. The molecular weight excluding hydrogens is 402 g/mol. The SMILES string of the molecule is COc1cc(C(=O)Nc2cccc(-c3nnc(-c4ccco4)o3)c2)cc(OC)c1OC. The number of rotatable bonds is 7. The molecular formula is C22H19N3O6. The van der Waals surface area contributed by atoms with E-state index in [0.29, 0.717) is 45.7 Å². The topological polar surface area (TPSA) is 109 Å². The summed E-state index contributed by atoms with van der Waals surface area (Å²) < 4.78 is 26.8. The van der Waals surface area contributed by atoms with Crippen molar-refractivity contribution in [2.24, 2.45) is 0 Å². The number of carbonyl (C=O) groups is 1. The number of hydrogen-bond acceptors (Lipinski definition) is 8. The first-order chi connectivity index (χ1) is 15.1. The van der Waals surface area contributed by atoms with Gasteiger partial charge in [0.15, 0.2) is 17.3 Å². The quantitative estimate of drug-likeness (QED) is 0.471. The highest BCUT2D eigenvalue weighted by Crippen LogP contribution is 2.38. The zero-order valence-corrected chi connectivity index (χ0v) is 17.0. The van der Waals surface area contributed by atoms with E-state index in [9.17, 15) is 4.79 Å². The second-order valence-corrected chi connectivity index (χ2v) is 6.34. The molecule has 2 aromatic carbocycles. The van der Waals surface area contributed by atoms with Crippen molar-refractivity contribution in [3.05, 3.63) is 60.4 Å². The lowest BCUT2D eigenvalue weighted by atomic mass is 10.1. The van der Waals surface area contributed by atoms with E-state index in [1.807, 2.05) is 0 Å². The molecule has 158 valence electrons. The van der Waals surface area contributed by atoms with Crippen LogP contribution < -0.4 is 19.5 Å². The maximum Gasteiger partial charge on any atom is 0.283 e. The second kappa shape index (κ2) is 8.62. The van der Waals surface area contributed by atoms with Crippen LogP contribution in [0.1, 0.15) is 10.4 Å². The predicted octanol–water partition coefficient (Wildman–Crippen LogP) is 4.27. The third-order valence-electron chi connectivity index (χ3n) is 4.45. The van der Waals surface area contributed by atoms with Crippen LogP contribution in [0.25, 0.3) is 23.1 Å². The Bertz CT molecular complexity index is 1170.